The number of rotatable bonds is 3. The van der Waals surface area contributed by atoms with Crippen LogP contribution in [0.3, 0.4) is 0 Å². The Morgan fingerprint density at radius 2 is 1.69 bits per heavy atom. The standard InChI is InChI=1S/C24H25F6N3O2S/c1-13-6-9-36-21(13)20-18-4-5-19(34)32(18)7-8-33(20)22(35)31(3)14(2)15-10-16(23(25,26)27)12-17(11-15)24(28,29)30/h6,9-12,14,18,20H,4-5,7-8H2,1-3H3/t14-,18+,20-/m1/s1. The van der Waals surface area contributed by atoms with E-state index in [9.17, 15) is 35.9 Å². The lowest BCUT2D eigenvalue weighted by atomic mass is 9.97. The molecule has 12 heteroatoms. The van der Waals surface area contributed by atoms with E-state index in [2.05, 4.69) is 0 Å². The van der Waals surface area contributed by atoms with Crippen molar-refractivity contribution in [2.24, 2.45) is 0 Å². The van der Waals surface area contributed by atoms with Crippen molar-refractivity contribution >= 4 is 23.3 Å². The Labute approximate surface area is 208 Å². The van der Waals surface area contributed by atoms with Gasteiger partial charge in [0.05, 0.1) is 29.3 Å². The zero-order valence-electron chi connectivity index (χ0n) is 19.8. The molecule has 4 rings (SSSR count). The fourth-order valence-corrected chi connectivity index (χ4v) is 6.06. The number of thiophene rings is 1. The molecule has 5 nitrogen and oxygen atoms in total. The van der Waals surface area contributed by atoms with Gasteiger partial charge in [-0.15, -0.1) is 11.3 Å². The Morgan fingerprint density at radius 1 is 1.08 bits per heavy atom. The summed E-state index contributed by atoms with van der Waals surface area (Å²) >= 11 is 1.45. The summed E-state index contributed by atoms with van der Waals surface area (Å²) in [5.74, 6) is 0.0108. The van der Waals surface area contributed by atoms with Crippen LogP contribution in [0.5, 0.6) is 0 Å². The first-order valence-electron chi connectivity index (χ1n) is 11.4. The Balaban J connectivity index is 1.68. The molecule has 36 heavy (non-hydrogen) atoms. The van der Waals surface area contributed by atoms with Gasteiger partial charge in [-0.2, -0.15) is 26.3 Å². The highest BCUT2D eigenvalue weighted by Crippen LogP contribution is 2.42. The normalized spacial score (nSPS) is 21.5. The number of carbonyl (C=O) groups is 2. The second-order valence-electron chi connectivity index (χ2n) is 9.21. The second-order valence-corrected chi connectivity index (χ2v) is 10.2. The third kappa shape index (κ3) is 4.79. The molecule has 3 heterocycles. The number of fused-ring (bicyclic) bond motifs is 1. The van der Waals surface area contributed by atoms with Gasteiger partial charge < -0.3 is 14.7 Å². The van der Waals surface area contributed by atoms with Crippen LogP contribution in [0.2, 0.25) is 0 Å². The van der Waals surface area contributed by atoms with E-state index in [0.717, 1.165) is 15.3 Å². The number of hydrogen-bond donors (Lipinski definition) is 0. The number of nitrogens with zero attached hydrogens (tertiary/aromatic N) is 3. The summed E-state index contributed by atoms with van der Waals surface area (Å²) in [5.41, 5.74) is -2.17. The van der Waals surface area contributed by atoms with Crippen LogP contribution in [0, 0.1) is 6.92 Å². The van der Waals surface area contributed by atoms with Gasteiger partial charge >= 0.3 is 18.4 Å². The van der Waals surface area contributed by atoms with E-state index < -0.39 is 41.6 Å². The van der Waals surface area contributed by atoms with Gasteiger partial charge in [0, 0.05) is 31.4 Å². The summed E-state index contributed by atoms with van der Waals surface area (Å²) < 4.78 is 80.2. The molecule has 0 aliphatic carbocycles. The number of aryl methyl sites for hydroxylation is 1. The predicted octanol–water partition coefficient (Wildman–Crippen LogP) is 6.25. The minimum Gasteiger partial charge on any atom is -0.335 e. The van der Waals surface area contributed by atoms with Crippen molar-refractivity contribution in [1.82, 2.24) is 14.7 Å². The molecule has 2 fully saturated rings. The summed E-state index contributed by atoms with van der Waals surface area (Å²) in [6.45, 7) is 3.82. The quantitative estimate of drug-likeness (QED) is 0.438. The maximum absolute atomic E-state index is 13.7. The molecule has 3 amide bonds. The van der Waals surface area contributed by atoms with Gasteiger partial charge in [-0.25, -0.2) is 4.79 Å². The fraction of sp³-hybridized carbons (Fsp3) is 0.500. The van der Waals surface area contributed by atoms with E-state index in [1.54, 1.807) is 9.80 Å². The molecule has 0 saturated carbocycles. The van der Waals surface area contributed by atoms with Crippen LogP contribution < -0.4 is 0 Å². The molecular formula is C24H25F6N3O2S. The summed E-state index contributed by atoms with van der Waals surface area (Å²) in [6.07, 6.45) is -9.03. The van der Waals surface area contributed by atoms with Crippen LogP contribution in [0.25, 0.3) is 0 Å². The zero-order chi connectivity index (χ0) is 26.6. The SMILES string of the molecule is Cc1ccsc1[C@H]1[C@@H]2CCC(=O)N2CCN1C(=O)N(C)[C@H](C)c1cc(C(F)(F)F)cc(C(F)(F)F)c1. The van der Waals surface area contributed by atoms with Crippen LogP contribution in [0.15, 0.2) is 29.6 Å². The highest BCUT2D eigenvalue weighted by molar-refractivity contribution is 7.10. The number of hydrogen-bond acceptors (Lipinski definition) is 3. The minimum absolute atomic E-state index is 0.0108. The highest BCUT2D eigenvalue weighted by atomic mass is 32.1. The Hall–Kier alpha value is -2.76. The third-order valence-corrected chi connectivity index (χ3v) is 8.14. The largest absolute Gasteiger partial charge is 0.416 e. The van der Waals surface area contributed by atoms with Gasteiger partial charge in [0.15, 0.2) is 0 Å². The molecule has 1 aromatic carbocycles. The lowest BCUT2D eigenvalue weighted by molar-refractivity contribution is -0.143. The first-order valence-corrected chi connectivity index (χ1v) is 12.2. The molecule has 2 aliphatic rings. The topological polar surface area (TPSA) is 43.9 Å². The van der Waals surface area contributed by atoms with Crippen molar-refractivity contribution in [3.8, 4) is 0 Å². The van der Waals surface area contributed by atoms with E-state index in [-0.39, 0.29) is 30.1 Å². The van der Waals surface area contributed by atoms with Crippen LogP contribution in [0.4, 0.5) is 31.1 Å². The lowest BCUT2D eigenvalue weighted by Crippen LogP contribution is -2.57. The first-order chi connectivity index (χ1) is 16.7. The number of carbonyl (C=O) groups excluding carboxylic acids is 2. The van der Waals surface area contributed by atoms with Crippen LogP contribution in [0.1, 0.15) is 59.0 Å². The molecule has 0 unspecified atom stereocenters. The number of benzene rings is 1. The van der Waals surface area contributed by atoms with Gasteiger partial charge in [0.2, 0.25) is 5.91 Å². The lowest BCUT2D eigenvalue weighted by Gasteiger charge is -2.46. The summed E-state index contributed by atoms with van der Waals surface area (Å²) in [4.78, 5) is 31.5. The smallest absolute Gasteiger partial charge is 0.335 e. The van der Waals surface area contributed by atoms with Crippen molar-refractivity contribution in [2.75, 3.05) is 20.1 Å². The summed E-state index contributed by atoms with van der Waals surface area (Å²) in [6, 6.07) is 1.01. The minimum atomic E-state index is -4.98. The highest BCUT2D eigenvalue weighted by Gasteiger charge is 2.47. The van der Waals surface area contributed by atoms with E-state index in [1.165, 1.54) is 25.3 Å². The van der Waals surface area contributed by atoms with E-state index in [4.69, 9.17) is 0 Å². The third-order valence-electron chi connectivity index (χ3n) is 7.05. The first kappa shape index (κ1) is 26.3. The second kappa shape index (κ2) is 9.28. The van der Waals surface area contributed by atoms with Gasteiger partial charge in [-0.05, 0) is 61.0 Å². The average Bonchev–Trinajstić information content (AvgIpc) is 3.40. The molecule has 0 N–H and O–H groups in total. The molecular weight excluding hydrogens is 508 g/mol. The Bertz CT molecular complexity index is 1130. The number of amides is 3. The van der Waals surface area contributed by atoms with Crippen molar-refractivity contribution in [3.63, 3.8) is 0 Å². The monoisotopic (exact) mass is 533 g/mol. The number of urea groups is 1. The van der Waals surface area contributed by atoms with E-state index in [1.807, 2.05) is 18.4 Å². The predicted molar refractivity (Wildman–Crippen MR) is 121 cm³/mol. The zero-order valence-corrected chi connectivity index (χ0v) is 20.6. The number of alkyl halides is 6. The van der Waals surface area contributed by atoms with Crippen LogP contribution in [-0.4, -0.2) is 52.8 Å². The van der Waals surface area contributed by atoms with Gasteiger partial charge in [0.1, 0.15) is 0 Å². The van der Waals surface area contributed by atoms with Crippen molar-refractivity contribution in [3.05, 3.63) is 56.8 Å². The Kier molecular flexibility index (Phi) is 6.78. The molecule has 0 radical (unpaired) electrons. The fourth-order valence-electron chi connectivity index (χ4n) is 4.97. The maximum Gasteiger partial charge on any atom is 0.416 e. The van der Waals surface area contributed by atoms with Crippen molar-refractivity contribution in [2.45, 2.75) is 57.2 Å². The molecule has 1 aromatic heterocycles. The summed E-state index contributed by atoms with van der Waals surface area (Å²) in [7, 11) is 1.37. The van der Waals surface area contributed by atoms with E-state index in [0.29, 0.717) is 31.5 Å². The van der Waals surface area contributed by atoms with E-state index >= 15 is 0 Å². The van der Waals surface area contributed by atoms with Crippen molar-refractivity contribution in [1.29, 1.82) is 0 Å². The van der Waals surface area contributed by atoms with Crippen LogP contribution in [-0.2, 0) is 17.1 Å². The molecule has 2 aliphatic heterocycles. The molecule has 2 aromatic rings. The molecule has 196 valence electrons. The molecule has 3 atom stereocenters. The van der Waals surface area contributed by atoms with Gasteiger partial charge in [-0.3, -0.25) is 4.79 Å². The molecule has 0 bridgehead atoms. The summed E-state index contributed by atoms with van der Waals surface area (Å²) in [5, 5.41) is 1.89. The van der Waals surface area contributed by atoms with Gasteiger partial charge in [0.25, 0.3) is 0 Å². The molecule has 2 saturated heterocycles. The number of halogens is 6. The van der Waals surface area contributed by atoms with Gasteiger partial charge in [-0.1, -0.05) is 0 Å². The van der Waals surface area contributed by atoms with Crippen molar-refractivity contribution < 1.29 is 35.9 Å². The maximum atomic E-state index is 13.7. The van der Waals surface area contributed by atoms with Crippen LogP contribution >= 0.6 is 11.3 Å². The average molecular weight is 534 g/mol. The number of piperazine rings is 1. The Morgan fingerprint density at radius 3 is 2.22 bits per heavy atom. The molecule has 0 spiro atoms.